The summed E-state index contributed by atoms with van der Waals surface area (Å²) in [7, 11) is 0. The van der Waals surface area contributed by atoms with Gasteiger partial charge in [-0.2, -0.15) is 0 Å². The average Bonchev–Trinajstić information content (AvgIpc) is 2.85. The van der Waals surface area contributed by atoms with E-state index in [1.165, 1.54) is 31.3 Å². The van der Waals surface area contributed by atoms with Crippen molar-refractivity contribution in [2.24, 2.45) is 0 Å². The summed E-state index contributed by atoms with van der Waals surface area (Å²) >= 11 is 5.41. The molecule has 1 aromatic heterocycles. The maximum atomic E-state index is 3.56. The van der Waals surface area contributed by atoms with Crippen molar-refractivity contribution in [1.82, 2.24) is 0 Å². The van der Waals surface area contributed by atoms with Crippen LogP contribution in [0.2, 0.25) is 0 Å². The van der Waals surface area contributed by atoms with Crippen molar-refractivity contribution < 1.29 is 0 Å². The molecule has 0 aliphatic rings. The molecule has 0 N–H and O–H groups in total. The predicted molar refractivity (Wildman–Crippen MR) is 92.5 cm³/mol. The minimum atomic E-state index is 1.14. The zero-order valence-corrected chi connectivity index (χ0v) is 13.0. The summed E-state index contributed by atoms with van der Waals surface area (Å²) in [4.78, 5) is 0. The van der Waals surface area contributed by atoms with Crippen LogP contribution in [0.25, 0.3) is 31.3 Å². The molecule has 0 saturated carbocycles. The lowest BCUT2D eigenvalue weighted by molar-refractivity contribution is 1.67. The second kappa shape index (κ2) is 4.72. The van der Waals surface area contributed by atoms with Crippen LogP contribution in [0, 0.1) is 0 Å². The lowest BCUT2D eigenvalue weighted by Gasteiger charge is -2.04. The van der Waals surface area contributed by atoms with Crippen LogP contribution < -0.4 is 0 Å². The quantitative estimate of drug-likeness (QED) is 0.372. The van der Waals surface area contributed by atoms with Crippen LogP contribution in [0.15, 0.2) is 71.2 Å². The normalized spacial score (nSPS) is 11.2. The second-order valence-corrected chi connectivity index (χ2v) is 6.79. The summed E-state index contributed by atoms with van der Waals surface area (Å²) in [5, 5.41) is 2.71. The van der Waals surface area contributed by atoms with Gasteiger partial charge in [-0.3, -0.25) is 0 Å². The van der Waals surface area contributed by atoms with Gasteiger partial charge in [-0.15, -0.1) is 11.3 Å². The molecule has 0 radical (unpaired) electrons. The fraction of sp³-hybridized carbons (Fsp3) is 0. The van der Waals surface area contributed by atoms with E-state index in [-0.39, 0.29) is 0 Å². The number of benzene rings is 3. The van der Waals surface area contributed by atoms with E-state index >= 15 is 0 Å². The van der Waals surface area contributed by atoms with E-state index in [1.807, 2.05) is 11.3 Å². The molecule has 0 unspecified atom stereocenters. The molecular formula is C18H11BrS. The standard InChI is InChI=1S/C18H11BrS/c19-13-9-10-15-17(11-13)20-16-8-4-7-14(18(15)16)12-5-2-1-3-6-12/h1-11H. The van der Waals surface area contributed by atoms with Gasteiger partial charge in [0.2, 0.25) is 0 Å². The van der Waals surface area contributed by atoms with Gasteiger partial charge in [-0.25, -0.2) is 0 Å². The van der Waals surface area contributed by atoms with Gasteiger partial charge in [0, 0.05) is 24.6 Å². The van der Waals surface area contributed by atoms with Crippen molar-refractivity contribution in [3.63, 3.8) is 0 Å². The van der Waals surface area contributed by atoms with Crippen molar-refractivity contribution in [1.29, 1.82) is 0 Å². The zero-order chi connectivity index (χ0) is 13.5. The number of hydrogen-bond acceptors (Lipinski definition) is 1. The summed E-state index contributed by atoms with van der Waals surface area (Å²) in [5.74, 6) is 0. The van der Waals surface area contributed by atoms with E-state index in [0.29, 0.717) is 0 Å². The number of fused-ring (bicyclic) bond motifs is 3. The van der Waals surface area contributed by atoms with E-state index in [9.17, 15) is 0 Å². The van der Waals surface area contributed by atoms with Gasteiger partial charge in [0.25, 0.3) is 0 Å². The fourth-order valence-electron chi connectivity index (χ4n) is 2.66. The monoisotopic (exact) mass is 338 g/mol. The second-order valence-electron chi connectivity index (χ2n) is 4.79. The summed E-state index contributed by atoms with van der Waals surface area (Å²) in [6.45, 7) is 0. The minimum Gasteiger partial charge on any atom is -0.135 e. The molecule has 0 saturated heterocycles. The average molecular weight is 339 g/mol. The number of thiophene rings is 1. The molecule has 0 aliphatic carbocycles. The smallest absolute Gasteiger partial charge is 0.0366 e. The number of rotatable bonds is 1. The molecule has 0 nitrogen and oxygen atoms in total. The molecule has 20 heavy (non-hydrogen) atoms. The Kier molecular flexibility index (Phi) is 2.86. The molecule has 1 heterocycles. The van der Waals surface area contributed by atoms with Crippen LogP contribution in [0.4, 0.5) is 0 Å². The van der Waals surface area contributed by atoms with Gasteiger partial charge < -0.3 is 0 Å². The predicted octanol–water partition coefficient (Wildman–Crippen LogP) is 6.48. The molecule has 2 heteroatoms. The van der Waals surface area contributed by atoms with E-state index in [2.05, 4.69) is 82.7 Å². The van der Waals surface area contributed by atoms with Crippen LogP contribution in [0.3, 0.4) is 0 Å². The fourth-order valence-corrected chi connectivity index (χ4v) is 4.34. The van der Waals surface area contributed by atoms with Gasteiger partial charge in [0.15, 0.2) is 0 Å². The Morgan fingerprint density at radius 2 is 1.60 bits per heavy atom. The third-order valence-corrected chi connectivity index (χ3v) is 5.15. The van der Waals surface area contributed by atoms with Gasteiger partial charge >= 0.3 is 0 Å². The van der Waals surface area contributed by atoms with E-state index in [4.69, 9.17) is 0 Å². The van der Waals surface area contributed by atoms with Gasteiger partial charge in [0.05, 0.1) is 0 Å². The van der Waals surface area contributed by atoms with Crippen LogP contribution in [0.5, 0.6) is 0 Å². The van der Waals surface area contributed by atoms with E-state index in [0.717, 1.165) is 4.47 Å². The van der Waals surface area contributed by atoms with Gasteiger partial charge in [-0.05, 0) is 29.3 Å². The molecule has 0 bridgehead atoms. The van der Waals surface area contributed by atoms with Crippen LogP contribution in [0.1, 0.15) is 0 Å². The molecule has 0 spiro atoms. The molecule has 0 amide bonds. The summed E-state index contributed by atoms with van der Waals surface area (Å²) in [6.07, 6.45) is 0. The molecule has 0 fully saturated rings. The first-order valence-electron chi connectivity index (χ1n) is 6.49. The van der Waals surface area contributed by atoms with Crippen molar-refractivity contribution in [2.45, 2.75) is 0 Å². The number of halogens is 1. The number of hydrogen-bond donors (Lipinski definition) is 0. The van der Waals surface area contributed by atoms with E-state index < -0.39 is 0 Å². The molecule has 3 aromatic carbocycles. The van der Waals surface area contributed by atoms with Crippen molar-refractivity contribution in [2.75, 3.05) is 0 Å². The molecule has 4 rings (SSSR count). The topological polar surface area (TPSA) is 0 Å². The highest BCUT2D eigenvalue weighted by molar-refractivity contribution is 9.10. The van der Waals surface area contributed by atoms with Crippen molar-refractivity contribution in [3.05, 3.63) is 71.2 Å². The van der Waals surface area contributed by atoms with Crippen LogP contribution in [-0.4, -0.2) is 0 Å². The van der Waals surface area contributed by atoms with Crippen LogP contribution in [-0.2, 0) is 0 Å². The van der Waals surface area contributed by atoms with Gasteiger partial charge in [0.1, 0.15) is 0 Å². The maximum absolute atomic E-state index is 3.56. The summed E-state index contributed by atoms with van der Waals surface area (Å²) < 4.78 is 3.81. The Labute approximate surface area is 129 Å². The summed E-state index contributed by atoms with van der Waals surface area (Å²) in [6, 6.07) is 23.7. The third-order valence-electron chi connectivity index (χ3n) is 3.54. The zero-order valence-electron chi connectivity index (χ0n) is 10.6. The maximum Gasteiger partial charge on any atom is 0.0366 e. The third kappa shape index (κ3) is 1.88. The lowest BCUT2D eigenvalue weighted by Crippen LogP contribution is -1.78. The first-order chi connectivity index (χ1) is 9.83. The molecule has 0 atom stereocenters. The first-order valence-corrected chi connectivity index (χ1v) is 8.10. The van der Waals surface area contributed by atoms with Crippen LogP contribution >= 0.6 is 27.3 Å². The molecule has 4 aromatic rings. The van der Waals surface area contributed by atoms with Crippen molar-refractivity contribution >= 4 is 47.4 Å². The largest absolute Gasteiger partial charge is 0.135 e. The van der Waals surface area contributed by atoms with Gasteiger partial charge in [-0.1, -0.05) is 64.5 Å². The highest BCUT2D eigenvalue weighted by atomic mass is 79.9. The molecule has 0 aliphatic heterocycles. The SMILES string of the molecule is Brc1ccc2c(c1)sc1cccc(-c3ccccc3)c12. The highest BCUT2D eigenvalue weighted by Crippen LogP contribution is 2.40. The highest BCUT2D eigenvalue weighted by Gasteiger charge is 2.10. The first kappa shape index (κ1) is 12.1. The molecule has 96 valence electrons. The summed E-state index contributed by atoms with van der Waals surface area (Å²) in [5.41, 5.74) is 2.59. The minimum absolute atomic E-state index is 1.14. The van der Waals surface area contributed by atoms with E-state index in [1.54, 1.807) is 0 Å². The Bertz CT molecular complexity index is 907. The Morgan fingerprint density at radius 3 is 2.45 bits per heavy atom. The Morgan fingerprint density at radius 1 is 0.750 bits per heavy atom. The molecular weight excluding hydrogens is 328 g/mol. The Hall–Kier alpha value is -1.64. The lowest BCUT2D eigenvalue weighted by atomic mass is 10.00. The Balaban J connectivity index is 2.14. The van der Waals surface area contributed by atoms with Crippen molar-refractivity contribution in [3.8, 4) is 11.1 Å².